The molecule has 0 saturated heterocycles. The van der Waals surface area contributed by atoms with Gasteiger partial charge in [0.1, 0.15) is 5.75 Å². The van der Waals surface area contributed by atoms with E-state index in [0.29, 0.717) is 41.3 Å². The Morgan fingerprint density at radius 3 is 2.51 bits per heavy atom. The molecule has 0 aliphatic heterocycles. The highest BCUT2D eigenvalue weighted by Crippen LogP contribution is 2.19. The van der Waals surface area contributed by atoms with Gasteiger partial charge < -0.3 is 20.1 Å². The molecule has 202 valence electrons. The number of rotatable bonds is 12. The number of amides is 2. The lowest BCUT2D eigenvalue weighted by Crippen LogP contribution is -2.27. The van der Waals surface area contributed by atoms with E-state index in [4.69, 9.17) is 9.47 Å². The molecule has 0 bridgehead atoms. The van der Waals surface area contributed by atoms with Gasteiger partial charge in [-0.2, -0.15) is 0 Å². The molecular formula is C29H30N4O5S. The molecule has 3 aromatic carbocycles. The summed E-state index contributed by atoms with van der Waals surface area (Å²) < 4.78 is 11.8. The Morgan fingerprint density at radius 1 is 0.949 bits per heavy atom. The highest BCUT2D eigenvalue weighted by molar-refractivity contribution is 7.99. The Labute approximate surface area is 230 Å². The third-order valence-corrected chi connectivity index (χ3v) is 6.91. The van der Waals surface area contributed by atoms with Crippen LogP contribution in [0.1, 0.15) is 21.5 Å². The molecule has 0 aliphatic rings. The first kappa shape index (κ1) is 27.9. The number of benzene rings is 3. The fourth-order valence-corrected chi connectivity index (χ4v) is 4.70. The maximum Gasteiger partial charge on any atom is 0.262 e. The monoisotopic (exact) mass is 546 g/mol. The van der Waals surface area contributed by atoms with Crippen molar-refractivity contribution in [2.24, 2.45) is 0 Å². The van der Waals surface area contributed by atoms with Crippen LogP contribution in [0, 0.1) is 0 Å². The predicted molar refractivity (Wildman–Crippen MR) is 151 cm³/mol. The van der Waals surface area contributed by atoms with Crippen molar-refractivity contribution in [2.45, 2.75) is 18.2 Å². The van der Waals surface area contributed by atoms with Crippen molar-refractivity contribution in [3.63, 3.8) is 0 Å². The molecule has 4 aromatic rings. The number of nitrogens with zero attached hydrogens (tertiary/aromatic N) is 2. The molecule has 39 heavy (non-hydrogen) atoms. The van der Waals surface area contributed by atoms with Crippen LogP contribution >= 0.6 is 11.8 Å². The zero-order valence-electron chi connectivity index (χ0n) is 21.8. The Morgan fingerprint density at radius 2 is 1.74 bits per heavy atom. The Bertz CT molecular complexity index is 1500. The van der Waals surface area contributed by atoms with Gasteiger partial charge in [-0.1, -0.05) is 48.2 Å². The van der Waals surface area contributed by atoms with E-state index in [1.165, 1.54) is 11.8 Å². The zero-order chi connectivity index (χ0) is 27.6. The number of aromatic nitrogens is 2. The number of methoxy groups -OCH3 is 2. The number of nitrogens with one attached hydrogen (secondary N) is 2. The molecule has 9 nitrogen and oxygen atoms in total. The highest BCUT2D eigenvalue weighted by Gasteiger charge is 2.14. The number of carbonyl (C=O) groups is 2. The molecule has 0 aliphatic carbocycles. The molecule has 1 aromatic heterocycles. The van der Waals surface area contributed by atoms with Gasteiger partial charge in [0.15, 0.2) is 5.16 Å². The number of hydrogen-bond acceptors (Lipinski definition) is 7. The lowest BCUT2D eigenvalue weighted by molar-refractivity contribution is -0.118. The van der Waals surface area contributed by atoms with Gasteiger partial charge in [-0.25, -0.2) is 4.98 Å². The fourth-order valence-electron chi connectivity index (χ4n) is 3.87. The lowest BCUT2D eigenvalue weighted by atomic mass is 10.1. The van der Waals surface area contributed by atoms with E-state index in [1.54, 1.807) is 49.1 Å². The quantitative estimate of drug-likeness (QED) is 0.159. The van der Waals surface area contributed by atoms with Gasteiger partial charge >= 0.3 is 0 Å². The van der Waals surface area contributed by atoms with Crippen molar-refractivity contribution in [1.82, 2.24) is 20.2 Å². The number of hydrogen-bond donors (Lipinski definition) is 2. The summed E-state index contributed by atoms with van der Waals surface area (Å²) in [6.07, 6.45) is 0. The van der Waals surface area contributed by atoms with Crippen LogP contribution in [0.5, 0.6) is 5.75 Å². The summed E-state index contributed by atoms with van der Waals surface area (Å²) in [5.41, 5.74) is 2.64. The molecule has 0 radical (unpaired) electrons. The highest BCUT2D eigenvalue weighted by atomic mass is 32.2. The number of fused-ring (bicyclic) bond motifs is 1. The zero-order valence-corrected chi connectivity index (χ0v) is 22.6. The maximum atomic E-state index is 13.4. The van der Waals surface area contributed by atoms with Crippen molar-refractivity contribution in [1.29, 1.82) is 0 Å². The minimum atomic E-state index is -0.195. The summed E-state index contributed by atoms with van der Waals surface area (Å²) in [5, 5.41) is 6.62. The Hall–Kier alpha value is -4.15. The predicted octanol–water partition coefficient (Wildman–Crippen LogP) is 3.24. The van der Waals surface area contributed by atoms with Gasteiger partial charge in [-0.3, -0.25) is 19.0 Å². The standard InChI is InChI=1S/C29H30N4O5S/c1-37-15-14-30-27(35)22-12-10-20(11-13-22)18-33-28(36)24-8-3-4-9-25(24)32-29(33)39-19-26(34)31-17-21-6-5-7-23(16-21)38-2/h3-13,16H,14-15,17-19H2,1-2H3,(H,30,35)(H,31,34). The van der Waals surface area contributed by atoms with Gasteiger partial charge in [0, 0.05) is 25.8 Å². The van der Waals surface area contributed by atoms with Gasteiger partial charge in [0.25, 0.3) is 11.5 Å². The Kier molecular flexibility index (Phi) is 9.71. The smallest absolute Gasteiger partial charge is 0.262 e. The molecule has 0 spiro atoms. The molecule has 4 rings (SSSR count). The van der Waals surface area contributed by atoms with Crippen LogP contribution in [-0.4, -0.2) is 54.5 Å². The van der Waals surface area contributed by atoms with E-state index < -0.39 is 0 Å². The molecular weight excluding hydrogens is 516 g/mol. The van der Waals surface area contributed by atoms with E-state index >= 15 is 0 Å². The first-order valence-corrected chi connectivity index (χ1v) is 13.3. The second-order valence-corrected chi connectivity index (χ2v) is 9.61. The molecule has 2 amide bonds. The van der Waals surface area contributed by atoms with Crippen LogP contribution < -0.4 is 20.9 Å². The number of carbonyl (C=O) groups excluding carboxylic acids is 2. The molecule has 0 unspecified atom stereocenters. The molecule has 1 heterocycles. The summed E-state index contributed by atoms with van der Waals surface area (Å²) in [7, 11) is 3.17. The third kappa shape index (κ3) is 7.46. The SMILES string of the molecule is COCCNC(=O)c1ccc(Cn2c(SCC(=O)NCc3cccc(OC)c3)nc3ccccc3c2=O)cc1. The second kappa shape index (κ2) is 13.6. The van der Waals surface area contributed by atoms with E-state index in [2.05, 4.69) is 15.6 Å². The summed E-state index contributed by atoms with van der Waals surface area (Å²) in [5.74, 6) is 0.440. The average molecular weight is 547 g/mol. The maximum absolute atomic E-state index is 13.4. The number of thioether (sulfide) groups is 1. The van der Waals surface area contributed by atoms with Gasteiger partial charge in [-0.15, -0.1) is 0 Å². The summed E-state index contributed by atoms with van der Waals surface area (Å²) in [6, 6.07) is 21.7. The average Bonchev–Trinajstić information content (AvgIpc) is 2.97. The Balaban J connectivity index is 1.48. The van der Waals surface area contributed by atoms with Crippen LogP contribution in [0.3, 0.4) is 0 Å². The third-order valence-electron chi connectivity index (χ3n) is 5.93. The van der Waals surface area contributed by atoms with Crippen LogP contribution in [0.25, 0.3) is 10.9 Å². The normalized spacial score (nSPS) is 10.8. The van der Waals surface area contributed by atoms with Crippen LogP contribution in [-0.2, 0) is 22.6 Å². The van der Waals surface area contributed by atoms with Gasteiger partial charge in [0.2, 0.25) is 5.91 Å². The van der Waals surface area contributed by atoms with Crippen molar-refractivity contribution < 1.29 is 19.1 Å². The fraction of sp³-hybridized carbons (Fsp3) is 0.241. The molecule has 0 atom stereocenters. The first-order chi connectivity index (χ1) is 19.0. The van der Waals surface area contributed by atoms with E-state index in [9.17, 15) is 14.4 Å². The summed E-state index contributed by atoms with van der Waals surface area (Å²) >= 11 is 1.20. The topological polar surface area (TPSA) is 112 Å². The van der Waals surface area contributed by atoms with Crippen molar-refractivity contribution in [3.05, 3.63) is 99.8 Å². The lowest BCUT2D eigenvalue weighted by Gasteiger charge is -2.14. The van der Waals surface area contributed by atoms with E-state index in [1.807, 2.05) is 42.5 Å². The molecule has 2 N–H and O–H groups in total. The first-order valence-electron chi connectivity index (χ1n) is 12.4. The second-order valence-electron chi connectivity index (χ2n) is 8.67. The van der Waals surface area contributed by atoms with Gasteiger partial charge in [-0.05, 0) is 47.5 Å². The van der Waals surface area contributed by atoms with Crippen molar-refractivity contribution in [3.8, 4) is 5.75 Å². The van der Waals surface area contributed by atoms with Crippen LogP contribution in [0.4, 0.5) is 0 Å². The largest absolute Gasteiger partial charge is 0.497 e. The van der Waals surface area contributed by atoms with Crippen molar-refractivity contribution in [2.75, 3.05) is 33.1 Å². The molecule has 0 saturated carbocycles. The summed E-state index contributed by atoms with van der Waals surface area (Å²) in [6.45, 7) is 1.46. The number of ether oxygens (including phenoxy) is 2. The molecule has 0 fully saturated rings. The van der Waals surface area contributed by atoms with E-state index in [-0.39, 0.29) is 29.7 Å². The van der Waals surface area contributed by atoms with Crippen molar-refractivity contribution >= 4 is 34.5 Å². The summed E-state index contributed by atoms with van der Waals surface area (Å²) in [4.78, 5) is 43.0. The number of para-hydroxylation sites is 1. The molecule has 10 heteroatoms. The van der Waals surface area contributed by atoms with Crippen LogP contribution in [0.15, 0.2) is 82.7 Å². The van der Waals surface area contributed by atoms with Gasteiger partial charge in [0.05, 0.1) is 36.9 Å². The minimum Gasteiger partial charge on any atom is -0.497 e. The van der Waals surface area contributed by atoms with Crippen LogP contribution in [0.2, 0.25) is 0 Å². The van der Waals surface area contributed by atoms with E-state index in [0.717, 1.165) is 16.9 Å². The minimum absolute atomic E-state index is 0.0926.